The van der Waals surface area contributed by atoms with Crippen molar-refractivity contribution < 1.29 is 9.59 Å². The molecule has 1 aliphatic carbocycles. The van der Waals surface area contributed by atoms with Crippen molar-refractivity contribution >= 4 is 11.8 Å². The zero-order chi connectivity index (χ0) is 18.1. The monoisotopic (exact) mass is 354 g/mol. The molecule has 0 radical (unpaired) electrons. The minimum absolute atomic E-state index is 0.127. The quantitative estimate of drug-likeness (QED) is 0.823. The normalized spacial score (nSPS) is 23.2. The summed E-state index contributed by atoms with van der Waals surface area (Å²) in [4.78, 5) is 30.3. The smallest absolute Gasteiger partial charge is 0.254 e. The minimum Gasteiger partial charge on any atom is -0.343 e. The highest BCUT2D eigenvalue weighted by Crippen LogP contribution is 2.41. The second kappa shape index (κ2) is 7.05. The Hall–Kier alpha value is -1.84. The van der Waals surface area contributed by atoms with Crippen LogP contribution in [-0.4, -0.2) is 40.2 Å². The molecular weight excluding hydrogens is 324 g/mol. The highest BCUT2D eigenvalue weighted by molar-refractivity contribution is 5.99. The number of piperidine rings is 1. The predicted molar refractivity (Wildman–Crippen MR) is 102 cm³/mol. The van der Waals surface area contributed by atoms with E-state index in [0.29, 0.717) is 13.0 Å². The van der Waals surface area contributed by atoms with Gasteiger partial charge in [-0.15, -0.1) is 0 Å². The number of amides is 2. The summed E-state index contributed by atoms with van der Waals surface area (Å²) in [5, 5.41) is 0. The summed E-state index contributed by atoms with van der Waals surface area (Å²) >= 11 is 0. The van der Waals surface area contributed by atoms with Crippen LogP contribution in [0.15, 0.2) is 24.3 Å². The van der Waals surface area contributed by atoms with Gasteiger partial charge in [-0.3, -0.25) is 9.59 Å². The maximum Gasteiger partial charge on any atom is 0.254 e. The molecule has 140 valence electrons. The number of carbonyl (C=O) groups is 2. The van der Waals surface area contributed by atoms with Gasteiger partial charge in [0.2, 0.25) is 5.91 Å². The molecule has 0 spiro atoms. The van der Waals surface area contributed by atoms with E-state index in [1.54, 1.807) is 0 Å². The van der Waals surface area contributed by atoms with Gasteiger partial charge in [-0.2, -0.15) is 0 Å². The van der Waals surface area contributed by atoms with Gasteiger partial charge in [-0.05, 0) is 43.2 Å². The predicted octanol–water partition coefficient (Wildman–Crippen LogP) is 3.99. The van der Waals surface area contributed by atoms with Gasteiger partial charge >= 0.3 is 0 Å². The molecule has 1 aromatic rings. The average molecular weight is 354 g/mol. The first-order valence-corrected chi connectivity index (χ1v) is 10.3. The molecule has 0 N–H and O–H groups in total. The van der Waals surface area contributed by atoms with Crippen molar-refractivity contribution in [3.63, 3.8) is 0 Å². The SMILES string of the molecule is CC1CCN(C(=O)CC2(N3Cc4ccccc4C3=O)CCCCC2)CC1. The van der Waals surface area contributed by atoms with Crippen molar-refractivity contribution in [3.05, 3.63) is 35.4 Å². The lowest BCUT2D eigenvalue weighted by Crippen LogP contribution is -2.53. The Morgan fingerprint density at radius 1 is 1.12 bits per heavy atom. The van der Waals surface area contributed by atoms with Gasteiger partial charge < -0.3 is 9.80 Å². The molecule has 0 unspecified atom stereocenters. The first kappa shape index (κ1) is 17.6. The Kier molecular flexibility index (Phi) is 4.76. The molecule has 0 aromatic heterocycles. The molecule has 1 saturated carbocycles. The van der Waals surface area contributed by atoms with E-state index in [9.17, 15) is 9.59 Å². The molecule has 2 fully saturated rings. The zero-order valence-electron chi connectivity index (χ0n) is 15.9. The van der Waals surface area contributed by atoms with Crippen molar-refractivity contribution in [1.82, 2.24) is 9.80 Å². The first-order chi connectivity index (χ1) is 12.6. The van der Waals surface area contributed by atoms with Gasteiger partial charge in [0.15, 0.2) is 0 Å². The zero-order valence-corrected chi connectivity index (χ0v) is 15.9. The Labute approximate surface area is 156 Å². The van der Waals surface area contributed by atoms with Crippen molar-refractivity contribution in [1.29, 1.82) is 0 Å². The summed E-state index contributed by atoms with van der Waals surface area (Å²) in [7, 11) is 0. The molecule has 4 nitrogen and oxygen atoms in total. The van der Waals surface area contributed by atoms with E-state index in [2.05, 4.69) is 13.0 Å². The van der Waals surface area contributed by atoms with Gasteiger partial charge in [0.25, 0.3) is 5.91 Å². The molecule has 4 heteroatoms. The van der Waals surface area contributed by atoms with Crippen LogP contribution in [0, 0.1) is 5.92 Å². The van der Waals surface area contributed by atoms with E-state index < -0.39 is 0 Å². The van der Waals surface area contributed by atoms with Gasteiger partial charge in [0.1, 0.15) is 0 Å². The number of fused-ring (bicyclic) bond motifs is 1. The van der Waals surface area contributed by atoms with E-state index in [1.807, 2.05) is 28.0 Å². The third-order valence-corrected chi connectivity index (χ3v) is 6.79. The number of likely N-dealkylation sites (tertiary alicyclic amines) is 1. The van der Waals surface area contributed by atoms with E-state index in [0.717, 1.165) is 68.7 Å². The first-order valence-electron chi connectivity index (χ1n) is 10.3. The van der Waals surface area contributed by atoms with Gasteiger partial charge in [-0.25, -0.2) is 0 Å². The molecule has 4 rings (SSSR count). The van der Waals surface area contributed by atoms with Crippen molar-refractivity contribution in [3.8, 4) is 0 Å². The maximum atomic E-state index is 13.1. The largest absolute Gasteiger partial charge is 0.343 e. The molecule has 1 aromatic carbocycles. The third-order valence-electron chi connectivity index (χ3n) is 6.79. The Morgan fingerprint density at radius 2 is 1.81 bits per heavy atom. The lowest BCUT2D eigenvalue weighted by Gasteiger charge is -2.45. The number of hydrogen-bond donors (Lipinski definition) is 0. The number of rotatable bonds is 3. The van der Waals surface area contributed by atoms with Crippen molar-refractivity contribution in [2.24, 2.45) is 5.92 Å². The second-order valence-corrected chi connectivity index (χ2v) is 8.57. The van der Waals surface area contributed by atoms with E-state index in [4.69, 9.17) is 0 Å². The molecular formula is C22H30N2O2. The molecule has 0 bridgehead atoms. The van der Waals surface area contributed by atoms with Crippen LogP contribution in [0.1, 0.15) is 74.2 Å². The Bertz CT molecular complexity index is 685. The summed E-state index contributed by atoms with van der Waals surface area (Å²) in [6, 6.07) is 7.93. The van der Waals surface area contributed by atoms with Crippen molar-refractivity contribution in [2.75, 3.05) is 13.1 Å². The summed E-state index contributed by atoms with van der Waals surface area (Å²) in [5.41, 5.74) is 1.66. The van der Waals surface area contributed by atoms with Crippen LogP contribution >= 0.6 is 0 Å². The lowest BCUT2D eigenvalue weighted by molar-refractivity contribution is -0.136. The Morgan fingerprint density at radius 3 is 2.50 bits per heavy atom. The summed E-state index contributed by atoms with van der Waals surface area (Å²) in [6.07, 6.45) is 8.08. The van der Waals surface area contributed by atoms with E-state index in [1.165, 1.54) is 6.42 Å². The standard InChI is InChI=1S/C22H30N2O2/c1-17-9-13-23(14-10-17)20(25)15-22(11-5-2-6-12-22)24-16-18-7-3-4-8-19(18)21(24)26/h3-4,7-8,17H,2,5-6,9-16H2,1H3. The fourth-order valence-electron chi connectivity index (χ4n) is 5.04. The van der Waals surface area contributed by atoms with Crippen LogP contribution in [0.5, 0.6) is 0 Å². The number of hydrogen-bond acceptors (Lipinski definition) is 2. The highest BCUT2D eigenvalue weighted by Gasteiger charge is 2.46. The van der Waals surface area contributed by atoms with Crippen LogP contribution < -0.4 is 0 Å². The average Bonchev–Trinajstić information content (AvgIpc) is 3.01. The van der Waals surface area contributed by atoms with E-state index in [-0.39, 0.29) is 17.4 Å². The van der Waals surface area contributed by atoms with E-state index >= 15 is 0 Å². The second-order valence-electron chi connectivity index (χ2n) is 8.57. The fraction of sp³-hybridized carbons (Fsp3) is 0.636. The van der Waals surface area contributed by atoms with Crippen molar-refractivity contribution in [2.45, 2.75) is 70.4 Å². The number of nitrogens with zero attached hydrogens (tertiary/aromatic N) is 2. The summed E-state index contributed by atoms with van der Waals surface area (Å²) < 4.78 is 0. The highest BCUT2D eigenvalue weighted by atomic mass is 16.2. The summed E-state index contributed by atoms with van der Waals surface area (Å²) in [5.74, 6) is 1.10. The lowest BCUT2D eigenvalue weighted by atomic mass is 9.77. The molecule has 3 aliphatic rings. The molecule has 2 amide bonds. The Balaban J connectivity index is 1.55. The van der Waals surface area contributed by atoms with Gasteiger partial charge in [0.05, 0.1) is 12.0 Å². The van der Waals surface area contributed by atoms with Crippen LogP contribution in [0.3, 0.4) is 0 Å². The molecule has 2 aliphatic heterocycles. The van der Waals surface area contributed by atoms with Crippen LogP contribution in [0.2, 0.25) is 0 Å². The van der Waals surface area contributed by atoms with Gasteiger partial charge in [-0.1, -0.05) is 44.4 Å². The van der Waals surface area contributed by atoms with Crippen LogP contribution in [-0.2, 0) is 11.3 Å². The molecule has 26 heavy (non-hydrogen) atoms. The fourth-order valence-corrected chi connectivity index (χ4v) is 5.04. The number of carbonyl (C=O) groups excluding carboxylic acids is 2. The molecule has 1 saturated heterocycles. The summed E-state index contributed by atoms with van der Waals surface area (Å²) in [6.45, 7) is 4.69. The minimum atomic E-state index is -0.283. The number of benzene rings is 1. The molecule has 0 atom stereocenters. The van der Waals surface area contributed by atoms with Crippen LogP contribution in [0.25, 0.3) is 0 Å². The topological polar surface area (TPSA) is 40.6 Å². The molecule has 2 heterocycles. The van der Waals surface area contributed by atoms with Gasteiger partial charge in [0, 0.05) is 25.2 Å². The third kappa shape index (κ3) is 3.15. The maximum absolute atomic E-state index is 13.1. The van der Waals surface area contributed by atoms with Crippen LogP contribution in [0.4, 0.5) is 0 Å².